The molecule has 0 N–H and O–H groups in total. The smallest absolute Gasteiger partial charge is 0.172 e. The molecule has 5 nitrogen and oxygen atoms in total. The number of benzene rings is 6. The van der Waals surface area contributed by atoms with E-state index in [4.69, 9.17) is 15.0 Å². The quantitative estimate of drug-likeness (QED) is 0.158. The van der Waals surface area contributed by atoms with Crippen LogP contribution in [-0.2, 0) is 11.0 Å². The van der Waals surface area contributed by atoms with Gasteiger partial charge in [0, 0.05) is 55.5 Å². The number of nitrogens with zero attached hydrogens (tertiary/aromatic N) is 4. The molecule has 2 unspecified atom stereocenters. The molecule has 2 aliphatic carbocycles. The minimum Gasteiger partial charge on any atom is -0.309 e. The van der Waals surface area contributed by atoms with Crippen molar-refractivity contribution in [1.29, 1.82) is 0 Å². The highest BCUT2D eigenvalue weighted by Crippen LogP contribution is 2.54. The molecule has 0 radical (unpaired) electrons. The fraction of sp³-hybridized carbons (Fsp3) is 0.0755. The molecule has 3 heterocycles. The Bertz CT molecular complexity index is 3070. The summed E-state index contributed by atoms with van der Waals surface area (Å²) in [6.07, 6.45) is 15.8. The highest BCUT2D eigenvalue weighted by atomic mass is 31.2. The molecule has 0 bridgehead atoms. The number of fused-ring (bicyclic) bond motifs is 7. The summed E-state index contributed by atoms with van der Waals surface area (Å²) in [5, 5.41) is 2.61. The molecule has 11 rings (SSSR count). The van der Waals surface area contributed by atoms with Crippen LogP contribution in [0.3, 0.4) is 0 Å². The highest BCUT2D eigenvalue weighted by molar-refractivity contribution is 7.85. The Balaban J connectivity index is 1.08. The van der Waals surface area contributed by atoms with E-state index in [9.17, 15) is 0 Å². The van der Waals surface area contributed by atoms with E-state index in [-0.39, 0.29) is 5.92 Å². The second-order valence-electron chi connectivity index (χ2n) is 15.3. The molecule has 59 heavy (non-hydrogen) atoms. The Kier molecular flexibility index (Phi) is 8.64. The molecular weight excluding hydrogens is 740 g/mol. The van der Waals surface area contributed by atoms with Gasteiger partial charge in [0.05, 0.1) is 5.69 Å². The maximum absolute atomic E-state index is 16.0. The fourth-order valence-electron chi connectivity index (χ4n) is 9.09. The summed E-state index contributed by atoms with van der Waals surface area (Å²) < 4.78 is 18.5. The van der Waals surface area contributed by atoms with Crippen molar-refractivity contribution in [3.05, 3.63) is 205 Å². The zero-order chi connectivity index (χ0) is 39.3. The van der Waals surface area contributed by atoms with Crippen LogP contribution in [0.1, 0.15) is 35.8 Å². The van der Waals surface area contributed by atoms with Gasteiger partial charge in [0.1, 0.15) is 5.82 Å². The predicted octanol–water partition coefficient (Wildman–Crippen LogP) is 11.5. The average molecular weight is 779 g/mol. The molecule has 0 saturated heterocycles. The van der Waals surface area contributed by atoms with Crippen LogP contribution in [0.2, 0.25) is 0 Å². The second kappa shape index (κ2) is 14.5. The van der Waals surface area contributed by atoms with Gasteiger partial charge in [-0.3, -0.25) is 0 Å². The van der Waals surface area contributed by atoms with Crippen molar-refractivity contribution in [2.75, 3.05) is 0 Å². The van der Waals surface area contributed by atoms with Gasteiger partial charge < -0.3 is 9.13 Å². The van der Waals surface area contributed by atoms with Crippen molar-refractivity contribution in [2.24, 2.45) is 0 Å². The van der Waals surface area contributed by atoms with Crippen LogP contribution in [0.25, 0.3) is 68.1 Å². The summed E-state index contributed by atoms with van der Waals surface area (Å²) in [5.41, 5.74) is 11.9. The van der Waals surface area contributed by atoms with E-state index in [2.05, 4.69) is 138 Å². The molecule has 8 aromatic rings. The van der Waals surface area contributed by atoms with Gasteiger partial charge in [0.15, 0.2) is 18.8 Å². The van der Waals surface area contributed by atoms with Gasteiger partial charge in [0.2, 0.25) is 0 Å². The van der Waals surface area contributed by atoms with Gasteiger partial charge in [-0.1, -0.05) is 170 Å². The Morgan fingerprint density at radius 2 is 1.22 bits per heavy atom. The third-order valence-corrected chi connectivity index (χ3v) is 15.0. The summed E-state index contributed by atoms with van der Waals surface area (Å²) >= 11 is 0. The van der Waals surface area contributed by atoms with Crippen LogP contribution < -0.4 is 15.9 Å². The van der Waals surface area contributed by atoms with Gasteiger partial charge in [-0.25, -0.2) is 15.0 Å². The molecule has 6 heteroatoms. The van der Waals surface area contributed by atoms with Crippen LogP contribution >= 0.6 is 7.14 Å². The van der Waals surface area contributed by atoms with Crippen molar-refractivity contribution in [1.82, 2.24) is 19.5 Å². The van der Waals surface area contributed by atoms with Crippen LogP contribution in [-0.4, -0.2) is 19.5 Å². The topological polar surface area (TPSA) is 60.7 Å². The Morgan fingerprint density at radius 3 is 2.00 bits per heavy atom. The minimum absolute atomic E-state index is 0.0828. The molecule has 3 aliphatic rings. The number of rotatable bonds is 6. The second-order valence-corrected chi connectivity index (χ2v) is 18.0. The van der Waals surface area contributed by atoms with Gasteiger partial charge in [-0.15, -0.1) is 0 Å². The molecule has 2 aromatic heterocycles. The van der Waals surface area contributed by atoms with E-state index >= 15 is 4.57 Å². The van der Waals surface area contributed by atoms with Gasteiger partial charge in [-0.2, -0.15) is 0 Å². The van der Waals surface area contributed by atoms with Gasteiger partial charge in [0.25, 0.3) is 0 Å². The van der Waals surface area contributed by atoms with Crippen LogP contribution in [0.4, 0.5) is 0 Å². The largest absolute Gasteiger partial charge is 0.309 e. The first kappa shape index (κ1) is 35.2. The van der Waals surface area contributed by atoms with E-state index in [1.54, 1.807) is 0 Å². The zero-order valence-electron chi connectivity index (χ0n) is 32.3. The molecule has 6 aromatic carbocycles. The monoisotopic (exact) mass is 778 g/mol. The van der Waals surface area contributed by atoms with E-state index in [1.807, 2.05) is 60.7 Å². The van der Waals surface area contributed by atoms with Crippen molar-refractivity contribution >= 4 is 29.1 Å². The third kappa shape index (κ3) is 5.92. The maximum Gasteiger partial charge on any atom is 0.172 e. The molecule has 2 atom stereocenters. The molecule has 0 saturated carbocycles. The third-order valence-electron chi connectivity index (χ3n) is 11.8. The SMILES string of the molecule is O=P1(c2ccccc2)c2ccccc2-c2c3c(n(-c4cccc(-c5cccc(-c6nc(-c7ccccc7)nc(C7C=CC=CC7)n6)c5)c4)c2-c2ccccc21)C=CCC3. The lowest BCUT2D eigenvalue weighted by Crippen LogP contribution is -2.26. The normalized spacial score (nSPS) is 17.4. The Labute approximate surface area is 344 Å². The summed E-state index contributed by atoms with van der Waals surface area (Å²) in [4.78, 5) is 15.1. The highest BCUT2D eigenvalue weighted by Gasteiger charge is 2.40. The molecular formula is C53H39N4OP. The van der Waals surface area contributed by atoms with E-state index in [0.717, 1.165) is 85.8 Å². The lowest BCUT2D eigenvalue weighted by molar-refractivity contribution is 0.592. The zero-order valence-corrected chi connectivity index (χ0v) is 33.2. The van der Waals surface area contributed by atoms with Gasteiger partial charge >= 0.3 is 0 Å². The number of hydrogen-bond acceptors (Lipinski definition) is 4. The summed E-state index contributed by atoms with van der Waals surface area (Å²) in [5.74, 6) is 2.18. The van der Waals surface area contributed by atoms with Gasteiger partial charge in [-0.05, 0) is 65.8 Å². The summed E-state index contributed by atoms with van der Waals surface area (Å²) in [7, 11) is -3.27. The maximum atomic E-state index is 16.0. The Hall–Kier alpha value is -6.94. The van der Waals surface area contributed by atoms with Crippen LogP contribution in [0.15, 0.2) is 188 Å². The van der Waals surface area contributed by atoms with E-state index in [0.29, 0.717) is 11.6 Å². The number of hydrogen-bond donors (Lipinski definition) is 0. The van der Waals surface area contributed by atoms with E-state index < -0.39 is 7.14 Å². The minimum atomic E-state index is -3.27. The van der Waals surface area contributed by atoms with Crippen molar-refractivity contribution in [2.45, 2.75) is 25.2 Å². The average Bonchev–Trinajstić information content (AvgIpc) is 3.63. The standard InChI is InChI=1S/C53H39N4OP/c58-59(42-26-8-3-9-27-42)47-32-14-11-29-44(47)49-43-28-10-13-31-46(43)57(50(49)45-30-12-15-33-48(45)59)41-25-17-23-39(35-41)38-22-16-24-40(34-38)53-55-51(36-18-4-1-5-19-36)54-52(56-53)37-20-6-2-7-21-37/h1-9,11-20,22-27,29-35,37H,10,21,28H2. The molecule has 0 amide bonds. The first-order chi connectivity index (χ1) is 29.1. The first-order valence-electron chi connectivity index (χ1n) is 20.3. The van der Waals surface area contributed by atoms with Crippen molar-refractivity contribution in [3.8, 4) is 62.0 Å². The molecule has 282 valence electrons. The summed E-state index contributed by atoms with van der Waals surface area (Å²) in [6, 6.07) is 54.3. The molecule has 1 aliphatic heterocycles. The van der Waals surface area contributed by atoms with Crippen LogP contribution in [0, 0.1) is 0 Å². The van der Waals surface area contributed by atoms with Crippen molar-refractivity contribution in [3.63, 3.8) is 0 Å². The molecule has 0 fully saturated rings. The lowest BCUT2D eigenvalue weighted by atomic mass is 9.93. The number of aromatic nitrogens is 4. The van der Waals surface area contributed by atoms with Crippen molar-refractivity contribution < 1.29 is 4.57 Å². The summed E-state index contributed by atoms with van der Waals surface area (Å²) in [6.45, 7) is 0. The lowest BCUT2D eigenvalue weighted by Gasteiger charge is -2.23. The molecule has 0 spiro atoms. The van der Waals surface area contributed by atoms with Crippen LogP contribution in [0.5, 0.6) is 0 Å². The first-order valence-corrected chi connectivity index (χ1v) is 22.0. The van der Waals surface area contributed by atoms with E-state index in [1.165, 1.54) is 16.8 Å². The predicted molar refractivity (Wildman–Crippen MR) is 242 cm³/mol. The number of allylic oxidation sites excluding steroid dienone is 5. The fourth-order valence-corrected chi connectivity index (χ4v) is 12.1. The Morgan fingerprint density at radius 1 is 0.576 bits per heavy atom.